The molecule has 1 amide bonds. The van der Waals surface area contributed by atoms with E-state index >= 15 is 0 Å². The van der Waals surface area contributed by atoms with Gasteiger partial charge in [0, 0.05) is 16.4 Å². The lowest BCUT2D eigenvalue weighted by molar-refractivity contribution is -0.115. The molecule has 0 aliphatic heterocycles. The second kappa shape index (κ2) is 7.25. The van der Waals surface area contributed by atoms with Crippen LogP contribution in [0.5, 0.6) is 0 Å². The van der Waals surface area contributed by atoms with E-state index in [9.17, 15) is 4.79 Å². The molecule has 0 bridgehead atoms. The van der Waals surface area contributed by atoms with Crippen LogP contribution in [0.25, 0.3) is 0 Å². The average molecular weight is 362 g/mol. The number of halogens is 1. The molecule has 1 N–H and O–H groups in total. The Balaban J connectivity index is 1.99. The molecule has 6 heteroatoms. The zero-order valence-electron chi connectivity index (χ0n) is 11.2. The molecular weight excluding hydrogens is 350 g/mol. The summed E-state index contributed by atoms with van der Waals surface area (Å²) in [5.41, 5.74) is 1.24. The van der Waals surface area contributed by atoms with Crippen molar-refractivity contribution in [3.8, 4) is 6.07 Å². The summed E-state index contributed by atoms with van der Waals surface area (Å²) in [6.07, 6.45) is 1.69. The molecule has 1 aromatic carbocycles. The summed E-state index contributed by atoms with van der Waals surface area (Å²) in [5, 5.41) is 12.0. The molecule has 2 rings (SSSR count). The maximum atomic E-state index is 12.1. The monoisotopic (exact) mass is 361 g/mol. The van der Waals surface area contributed by atoms with Crippen LogP contribution >= 0.6 is 27.7 Å². The maximum Gasteiger partial charge on any atom is 0.237 e. The van der Waals surface area contributed by atoms with Gasteiger partial charge in [-0.3, -0.25) is 4.79 Å². The molecule has 0 saturated carbocycles. The first-order chi connectivity index (χ1) is 10.1. The van der Waals surface area contributed by atoms with Crippen LogP contribution in [0.2, 0.25) is 0 Å². The molecule has 21 heavy (non-hydrogen) atoms. The van der Waals surface area contributed by atoms with E-state index in [2.05, 4.69) is 26.2 Å². The summed E-state index contributed by atoms with van der Waals surface area (Å²) in [6.45, 7) is 1.82. The van der Waals surface area contributed by atoms with E-state index in [4.69, 9.17) is 5.26 Å². The summed E-state index contributed by atoms with van der Waals surface area (Å²) in [4.78, 5) is 16.4. The SMILES string of the molecule is CC(Sc1ncccc1Br)C(=O)Nc1ccc(C#N)cc1. The fraction of sp³-hybridized carbons (Fsp3) is 0.133. The predicted molar refractivity (Wildman–Crippen MR) is 87.0 cm³/mol. The second-order valence-corrected chi connectivity index (χ2v) is 6.41. The summed E-state index contributed by atoms with van der Waals surface area (Å²) in [5.74, 6) is -0.109. The molecule has 0 aliphatic carbocycles. The molecule has 0 saturated heterocycles. The van der Waals surface area contributed by atoms with Crippen molar-refractivity contribution in [3.63, 3.8) is 0 Å². The molecule has 0 radical (unpaired) electrons. The molecule has 0 fully saturated rings. The van der Waals surface area contributed by atoms with Crippen LogP contribution in [0, 0.1) is 11.3 Å². The van der Waals surface area contributed by atoms with Gasteiger partial charge in [0.2, 0.25) is 5.91 Å². The number of pyridine rings is 1. The third-order valence-corrected chi connectivity index (χ3v) is 4.68. The molecule has 0 spiro atoms. The van der Waals surface area contributed by atoms with Gasteiger partial charge in [-0.25, -0.2) is 4.98 Å². The van der Waals surface area contributed by atoms with Crippen molar-refractivity contribution in [3.05, 3.63) is 52.6 Å². The van der Waals surface area contributed by atoms with E-state index in [-0.39, 0.29) is 11.2 Å². The average Bonchev–Trinajstić information content (AvgIpc) is 2.50. The van der Waals surface area contributed by atoms with Crippen LogP contribution < -0.4 is 5.32 Å². The van der Waals surface area contributed by atoms with E-state index in [0.29, 0.717) is 11.3 Å². The van der Waals surface area contributed by atoms with E-state index in [1.165, 1.54) is 11.8 Å². The molecule has 1 atom stereocenters. The second-order valence-electron chi connectivity index (χ2n) is 4.23. The molecule has 1 heterocycles. The number of amides is 1. The van der Waals surface area contributed by atoms with E-state index in [1.54, 1.807) is 30.5 Å². The van der Waals surface area contributed by atoms with Gasteiger partial charge in [0.15, 0.2) is 0 Å². The molecule has 4 nitrogen and oxygen atoms in total. The Morgan fingerprint density at radius 2 is 2.10 bits per heavy atom. The van der Waals surface area contributed by atoms with Crippen LogP contribution in [-0.2, 0) is 4.79 Å². The molecule has 0 aliphatic rings. The molecular formula is C15H12BrN3OS. The van der Waals surface area contributed by atoms with Gasteiger partial charge in [0.1, 0.15) is 5.03 Å². The number of hydrogen-bond donors (Lipinski definition) is 1. The Labute approximate surface area is 135 Å². The first-order valence-electron chi connectivity index (χ1n) is 6.18. The van der Waals surface area contributed by atoms with Crippen molar-refractivity contribution in [2.75, 3.05) is 5.32 Å². The van der Waals surface area contributed by atoms with Crippen molar-refractivity contribution in [2.45, 2.75) is 17.2 Å². The van der Waals surface area contributed by atoms with Crippen LogP contribution in [0.15, 0.2) is 52.1 Å². The predicted octanol–water partition coefficient (Wildman–Crippen LogP) is 3.84. The number of carbonyl (C=O) groups excluding carboxylic acids is 1. The Bertz CT molecular complexity index is 682. The molecule has 2 aromatic rings. The summed E-state index contributed by atoms with van der Waals surface area (Å²) < 4.78 is 0.869. The van der Waals surface area contributed by atoms with Crippen molar-refractivity contribution >= 4 is 39.3 Å². The molecule has 106 valence electrons. The van der Waals surface area contributed by atoms with Gasteiger partial charge in [-0.2, -0.15) is 5.26 Å². The topological polar surface area (TPSA) is 65.8 Å². The third kappa shape index (κ3) is 4.31. The van der Waals surface area contributed by atoms with Gasteiger partial charge in [-0.15, -0.1) is 0 Å². The van der Waals surface area contributed by atoms with Gasteiger partial charge < -0.3 is 5.32 Å². The standard InChI is InChI=1S/C15H12BrN3OS/c1-10(21-15-13(16)3-2-8-18-15)14(20)19-12-6-4-11(9-17)5-7-12/h2-8,10H,1H3,(H,19,20). The summed E-state index contributed by atoms with van der Waals surface area (Å²) >= 11 is 4.79. The number of nitriles is 1. The lowest BCUT2D eigenvalue weighted by Crippen LogP contribution is -2.22. The number of aromatic nitrogens is 1. The minimum atomic E-state index is -0.285. The van der Waals surface area contributed by atoms with Crippen molar-refractivity contribution < 1.29 is 4.79 Å². The lowest BCUT2D eigenvalue weighted by Gasteiger charge is -2.12. The van der Waals surface area contributed by atoms with Crippen LogP contribution in [0.4, 0.5) is 5.69 Å². The van der Waals surface area contributed by atoms with Gasteiger partial charge in [-0.1, -0.05) is 11.8 Å². The number of benzene rings is 1. The third-order valence-electron chi connectivity index (χ3n) is 2.66. The number of hydrogen-bond acceptors (Lipinski definition) is 4. The number of nitrogens with one attached hydrogen (secondary N) is 1. The summed E-state index contributed by atoms with van der Waals surface area (Å²) in [6, 6.07) is 12.5. The molecule has 1 aromatic heterocycles. The summed E-state index contributed by atoms with van der Waals surface area (Å²) in [7, 11) is 0. The fourth-order valence-electron chi connectivity index (χ4n) is 1.55. The highest BCUT2D eigenvalue weighted by molar-refractivity contribution is 9.10. The Morgan fingerprint density at radius 1 is 1.38 bits per heavy atom. The zero-order valence-corrected chi connectivity index (χ0v) is 13.6. The molecule has 1 unspecified atom stereocenters. The minimum Gasteiger partial charge on any atom is -0.325 e. The highest BCUT2D eigenvalue weighted by atomic mass is 79.9. The van der Waals surface area contributed by atoms with E-state index < -0.39 is 0 Å². The Kier molecular flexibility index (Phi) is 5.37. The first kappa shape index (κ1) is 15.5. The number of rotatable bonds is 4. The number of nitrogens with zero attached hydrogens (tertiary/aromatic N) is 2. The Hall–Kier alpha value is -1.84. The first-order valence-corrected chi connectivity index (χ1v) is 7.85. The van der Waals surface area contributed by atoms with Gasteiger partial charge in [0.25, 0.3) is 0 Å². The maximum absolute atomic E-state index is 12.1. The van der Waals surface area contributed by atoms with E-state index in [1.807, 2.05) is 25.1 Å². The number of anilines is 1. The van der Waals surface area contributed by atoms with Crippen LogP contribution in [0.3, 0.4) is 0 Å². The van der Waals surface area contributed by atoms with Crippen molar-refractivity contribution in [2.24, 2.45) is 0 Å². The lowest BCUT2D eigenvalue weighted by atomic mass is 10.2. The minimum absolute atomic E-state index is 0.109. The smallest absolute Gasteiger partial charge is 0.237 e. The Morgan fingerprint density at radius 3 is 2.71 bits per heavy atom. The largest absolute Gasteiger partial charge is 0.325 e. The quantitative estimate of drug-likeness (QED) is 0.840. The van der Waals surface area contributed by atoms with Crippen molar-refractivity contribution in [1.82, 2.24) is 4.98 Å². The highest BCUT2D eigenvalue weighted by Gasteiger charge is 2.16. The highest BCUT2D eigenvalue weighted by Crippen LogP contribution is 2.28. The van der Waals surface area contributed by atoms with Crippen molar-refractivity contribution in [1.29, 1.82) is 5.26 Å². The normalized spacial score (nSPS) is 11.5. The van der Waals surface area contributed by atoms with E-state index in [0.717, 1.165) is 9.50 Å². The number of thioether (sulfide) groups is 1. The van der Waals surface area contributed by atoms with Gasteiger partial charge >= 0.3 is 0 Å². The fourth-order valence-corrected chi connectivity index (χ4v) is 2.89. The van der Waals surface area contributed by atoms with Gasteiger partial charge in [-0.05, 0) is 59.3 Å². The zero-order chi connectivity index (χ0) is 15.2. The number of carbonyl (C=O) groups is 1. The van der Waals surface area contributed by atoms with Crippen LogP contribution in [-0.4, -0.2) is 16.1 Å². The van der Waals surface area contributed by atoms with Gasteiger partial charge in [0.05, 0.1) is 16.9 Å². The van der Waals surface area contributed by atoms with Crippen LogP contribution in [0.1, 0.15) is 12.5 Å².